The molecule has 110 valence electrons. The van der Waals surface area contributed by atoms with Crippen molar-refractivity contribution in [3.05, 3.63) is 29.6 Å². The quantitative estimate of drug-likeness (QED) is 0.862. The van der Waals surface area contributed by atoms with Crippen molar-refractivity contribution in [2.24, 2.45) is 0 Å². The van der Waals surface area contributed by atoms with Gasteiger partial charge in [0.25, 0.3) is 0 Å². The van der Waals surface area contributed by atoms with Gasteiger partial charge in [0.2, 0.25) is 0 Å². The molecule has 0 aliphatic carbocycles. The first kappa shape index (κ1) is 20.7. The van der Waals surface area contributed by atoms with Crippen LogP contribution in [0.1, 0.15) is 22.0 Å². The molecule has 5 nitrogen and oxygen atoms in total. The van der Waals surface area contributed by atoms with Crippen molar-refractivity contribution in [2.45, 2.75) is 6.04 Å². The Hall–Kier alpha value is -0.590. The molecule has 0 aromatic carbocycles. The lowest BCUT2D eigenvalue weighted by Crippen LogP contribution is -2.43. The van der Waals surface area contributed by atoms with E-state index < -0.39 is 5.97 Å². The summed E-state index contributed by atoms with van der Waals surface area (Å²) in [6, 6.07) is 1.91. The van der Waals surface area contributed by atoms with Crippen molar-refractivity contribution in [3.8, 4) is 0 Å². The van der Waals surface area contributed by atoms with Crippen molar-refractivity contribution in [1.29, 1.82) is 0 Å². The number of likely N-dealkylation sites (N-methyl/N-ethyl adjacent to an activating group) is 1. The van der Waals surface area contributed by atoms with Crippen LogP contribution in [0.4, 0.5) is 0 Å². The molecule has 19 heavy (non-hydrogen) atoms. The molecule has 0 spiro atoms. The highest BCUT2D eigenvalue weighted by molar-refractivity contribution is 5.87. The van der Waals surface area contributed by atoms with Gasteiger partial charge in [-0.15, -0.1) is 37.2 Å². The SMILES string of the molecule is CN1CCNCC1c1cncc(C(=O)O)c1.Cl.Cl.Cl. The Labute approximate surface area is 131 Å². The fourth-order valence-electron chi connectivity index (χ4n) is 1.94. The number of aromatic carboxylic acids is 1. The van der Waals surface area contributed by atoms with E-state index in [1.807, 2.05) is 7.05 Å². The van der Waals surface area contributed by atoms with E-state index in [9.17, 15) is 4.79 Å². The number of nitrogens with one attached hydrogen (secondary N) is 1. The van der Waals surface area contributed by atoms with Crippen LogP contribution in [0.2, 0.25) is 0 Å². The number of carbonyl (C=O) groups is 1. The van der Waals surface area contributed by atoms with E-state index in [2.05, 4.69) is 15.2 Å². The maximum atomic E-state index is 10.8. The molecule has 0 radical (unpaired) electrons. The Bertz CT molecular complexity index is 407. The van der Waals surface area contributed by atoms with Crippen LogP contribution in [0.3, 0.4) is 0 Å². The Kier molecular flexibility index (Phi) is 10.2. The maximum absolute atomic E-state index is 10.8. The van der Waals surface area contributed by atoms with E-state index in [1.165, 1.54) is 6.20 Å². The molecule has 1 unspecified atom stereocenters. The third-order valence-corrected chi connectivity index (χ3v) is 2.90. The zero-order chi connectivity index (χ0) is 11.5. The number of hydrogen-bond acceptors (Lipinski definition) is 4. The summed E-state index contributed by atoms with van der Waals surface area (Å²) >= 11 is 0. The second kappa shape index (κ2) is 9.34. The molecular formula is C11H18Cl3N3O2. The average Bonchev–Trinajstić information content (AvgIpc) is 2.30. The van der Waals surface area contributed by atoms with Crippen molar-refractivity contribution < 1.29 is 9.90 Å². The van der Waals surface area contributed by atoms with Crippen LogP contribution < -0.4 is 5.32 Å². The third-order valence-electron chi connectivity index (χ3n) is 2.90. The van der Waals surface area contributed by atoms with Crippen molar-refractivity contribution in [2.75, 3.05) is 26.7 Å². The molecule has 2 heterocycles. The number of carboxylic acids is 1. The lowest BCUT2D eigenvalue weighted by Gasteiger charge is -2.33. The largest absolute Gasteiger partial charge is 0.478 e. The molecule has 0 bridgehead atoms. The highest BCUT2D eigenvalue weighted by atomic mass is 35.5. The van der Waals surface area contributed by atoms with Crippen LogP contribution in [0.5, 0.6) is 0 Å². The molecule has 1 aromatic rings. The van der Waals surface area contributed by atoms with E-state index >= 15 is 0 Å². The van der Waals surface area contributed by atoms with Crippen LogP contribution in [-0.2, 0) is 0 Å². The minimum absolute atomic E-state index is 0. The molecule has 0 amide bonds. The zero-order valence-electron chi connectivity index (χ0n) is 10.4. The molecule has 2 rings (SSSR count). The van der Waals surface area contributed by atoms with Crippen LogP contribution in [-0.4, -0.2) is 47.6 Å². The number of nitrogens with zero attached hydrogens (tertiary/aromatic N) is 2. The topological polar surface area (TPSA) is 65.5 Å². The summed E-state index contributed by atoms with van der Waals surface area (Å²) in [4.78, 5) is 17.0. The summed E-state index contributed by atoms with van der Waals surface area (Å²) < 4.78 is 0. The minimum Gasteiger partial charge on any atom is -0.478 e. The zero-order valence-corrected chi connectivity index (χ0v) is 12.9. The van der Waals surface area contributed by atoms with Crippen LogP contribution in [0.15, 0.2) is 18.5 Å². The molecule has 1 aliphatic heterocycles. The first-order valence-electron chi connectivity index (χ1n) is 5.27. The standard InChI is InChI=1S/C11H15N3O2.3ClH/c1-14-3-2-12-7-10(14)8-4-9(11(15)16)6-13-5-8;;;/h4-6,10,12H,2-3,7H2,1H3,(H,15,16);3*1H. The molecule has 1 aliphatic rings. The second-order valence-corrected chi connectivity index (χ2v) is 4.01. The summed E-state index contributed by atoms with van der Waals surface area (Å²) in [7, 11) is 2.04. The predicted octanol–water partition coefficient (Wildman–Crippen LogP) is 1.62. The molecular weight excluding hydrogens is 312 g/mol. The normalized spacial score (nSPS) is 18.5. The highest BCUT2D eigenvalue weighted by Gasteiger charge is 2.21. The molecule has 1 fully saturated rings. The molecule has 1 aromatic heterocycles. The Morgan fingerprint density at radius 1 is 1.42 bits per heavy atom. The monoisotopic (exact) mass is 329 g/mol. The number of pyridine rings is 1. The average molecular weight is 331 g/mol. The van der Waals surface area contributed by atoms with E-state index in [0.717, 1.165) is 25.2 Å². The van der Waals surface area contributed by atoms with E-state index in [4.69, 9.17) is 5.11 Å². The van der Waals surface area contributed by atoms with E-state index in [0.29, 0.717) is 0 Å². The Balaban J connectivity index is 0. The van der Waals surface area contributed by atoms with Gasteiger partial charge in [0, 0.05) is 38.1 Å². The number of carboxylic acid groups (broad SMARTS) is 1. The Morgan fingerprint density at radius 3 is 2.68 bits per heavy atom. The van der Waals surface area contributed by atoms with Gasteiger partial charge in [0.15, 0.2) is 0 Å². The van der Waals surface area contributed by atoms with Crippen molar-refractivity contribution in [1.82, 2.24) is 15.2 Å². The van der Waals surface area contributed by atoms with Crippen molar-refractivity contribution in [3.63, 3.8) is 0 Å². The minimum atomic E-state index is -0.930. The molecule has 0 saturated carbocycles. The van der Waals surface area contributed by atoms with Crippen molar-refractivity contribution >= 4 is 43.2 Å². The smallest absolute Gasteiger partial charge is 0.337 e. The van der Waals surface area contributed by atoms with Gasteiger partial charge in [-0.05, 0) is 18.7 Å². The summed E-state index contributed by atoms with van der Waals surface area (Å²) in [5, 5.41) is 12.2. The van der Waals surface area contributed by atoms with E-state index in [-0.39, 0.29) is 48.8 Å². The van der Waals surface area contributed by atoms with Gasteiger partial charge in [0.05, 0.1) is 5.56 Å². The summed E-state index contributed by atoms with van der Waals surface area (Å²) in [6.07, 6.45) is 3.11. The molecule has 2 N–H and O–H groups in total. The summed E-state index contributed by atoms with van der Waals surface area (Å²) in [6.45, 7) is 2.77. The van der Waals surface area contributed by atoms with Crippen LogP contribution in [0.25, 0.3) is 0 Å². The van der Waals surface area contributed by atoms with Gasteiger partial charge in [-0.2, -0.15) is 0 Å². The second-order valence-electron chi connectivity index (χ2n) is 4.01. The van der Waals surface area contributed by atoms with Gasteiger partial charge in [0.1, 0.15) is 0 Å². The summed E-state index contributed by atoms with van der Waals surface area (Å²) in [5.41, 5.74) is 1.20. The maximum Gasteiger partial charge on any atom is 0.337 e. The first-order chi connectivity index (χ1) is 7.68. The Morgan fingerprint density at radius 2 is 2.11 bits per heavy atom. The van der Waals surface area contributed by atoms with Gasteiger partial charge in [-0.25, -0.2) is 4.79 Å². The predicted molar refractivity (Wildman–Crippen MR) is 81.2 cm³/mol. The fourth-order valence-corrected chi connectivity index (χ4v) is 1.94. The number of halogens is 3. The fraction of sp³-hybridized carbons (Fsp3) is 0.455. The van der Waals surface area contributed by atoms with Gasteiger partial charge in [-0.3, -0.25) is 9.88 Å². The molecule has 1 atom stereocenters. The van der Waals surface area contributed by atoms with Crippen LogP contribution >= 0.6 is 37.2 Å². The lowest BCUT2D eigenvalue weighted by molar-refractivity contribution is 0.0696. The molecule has 1 saturated heterocycles. The first-order valence-corrected chi connectivity index (χ1v) is 5.27. The number of piperazine rings is 1. The number of rotatable bonds is 2. The number of aromatic nitrogens is 1. The third kappa shape index (κ3) is 5.12. The lowest BCUT2D eigenvalue weighted by atomic mass is 10.0. The van der Waals surface area contributed by atoms with Crippen LogP contribution in [0, 0.1) is 0 Å². The van der Waals surface area contributed by atoms with E-state index in [1.54, 1.807) is 12.3 Å². The highest BCUT2D eigenvalue weighted by Crippen LogP contribution is 2.20. The number of hydrogen-bond donors (Lipinski definition) is 2. The van der Waals surface area contributed by atoms with Gasteiger partial charge in [-0.1, -0.05) is 0 Å². The molecule has 8 heteroatoms. The van der Waals surface area contributed by atoms with Gasteiger partial charge < -0.3 is 10.4 Å². The summed E-state index contributed by atoms with van der Waals surface area (Å²) in [5.74, 6) is -0.930. The van der Waals surface area contributed by atoms with Gasteiger partial charge >= 0.3 is 5.97 Å².